The second-order valence-corrected chi connectivity index (χ2v) is 5.46. The zero-order chi connectivity index (χ0) is 15.5. The molecule has 6 heteroatoms. The fraction of sp³-hybridized carbons (Fsp3) is 0.533. The van der Waals surface area contributed by atoms with Gasteiger partial charge in [0.2, 0.25) is 0 Å². The Kier molecular flexibility index (Phi) is 4.92. The van der Waals surface area contributed by atoms with Gasteiger partial charge in [0, 0.05) is 25.8 Å². The Labute approximate surface area is 123 Å². The zero-order valence-electron chi connectivity index (χ0n) is 12.2. The number of methoxy groups -OCH3 is 1. The van der Waals surface area contributed by atoms with Crippen molar-refractivity contribution in [3.8, 4) is 0 Å². The Hall–Kier alpha value is -1.50. The topological polar surface area (TPSA) is 59.0 Å². The van der Waals surface area contributed by atoms with Gasteiger partial charge in [0.15, 0.2) is 0 Å². The highest BCUT2D eigenvalue weighted by Crippen LogP contribution is 2.29. The summed E-state index contributed by atoms with van der Waals surface area (Å²) in [4.78, 5) is 13.4. The summed E-state index contributed by atoms with van der Waals surface area (Å²) >= 11 is 0. The molecule has 0 amide bonds. The molecule has 1 saturated heterocycles. The van der Waals surface area contributed by atoms with Crippen molar-refractivity contribution in [2.75, 3.05) is 33.4 Å². The van der Waals surface area contributed by atoms with E-state index in [1.165, 1.54) is 12.1 Å². The summed E-state index contributed by atoms with van der Waals surface area (Å²) in [6.07, 6.45) is 0. The first-order valence-electron chi connectivity index (χ1n) is 6.81. The SMILES string of the molecule is COCC1(C)CN(C(C(=O)O)c2ccccc2F)CCO1. The number of ether oxygens (including phenoxy) is 2. The smallest absolute Gasteiger partial charge is 0.325 e. The van der Waals surface area contributed by atoms with Gasteiger partial charge >= 0.3 is 5.97 Å². The van der Waals surface area contributed by atoms with Gasteiger partial charge in [0.25, 0.3) is 0 Å². The van der Waals surface area contributed by atoms with E-state index in [1.54, 1.807) is 24.1 Å². The first kappa shape index (κ1) is 15.9. The first-order chi connectivity index (χ1) is 9.97. The van der Waals surface area contributed by atoms with E-state index in [0.29, 0.717) is 26.3 Å². The predicted molar refractivity (Wildman–Crippen MR) is 74.6 cm³/mol. The normalized spacial score (nSPS) is 24.7. The molecule has 5 nitrogen and oxygen atoms in total. The molecule has 2 rings (SSSR count). The number of morpholine rings is 1. The van der Waals surface area contributed by atoms with E-state index in [9.17, 15) is 14.3 Å². The average molecular weight is 297 g/mol. The van der Waals surface area contributed by atoms with Crippen LogP contribution in [0.5, 0.6) is 0 Å². The number of aliphatic carboxylic acids is 1. The lowest BCUT2D eigenvalue weighted by Gasteiger charge is -2.42. The van der Waals surface area contributed by atoms with Crippen LogP contribution in [0.15, 0.2) is 24.3 Å². The van der Waals surface area contributed by atoms with Crippen molar-refractivity contribution >= 4 is 5.97 Å². The maximum absolute atomic E-state index is 13.9. The minimum Gasteiger partial charge on any atom is -0.480 e. The molecule has 1 aromatic rings. The molecule has 116 valence electrons. The van der Waals surface area contributed by atoms with Gasteiger partial charge in [-0.2, -0.15) is 0 Å². The molecule has 2 unspecified atom stereocenters. The number of benzene rings is 1. The molecule has 2 atom stereocenters. The molecule has 1 aromatic carbocycles. The highest BCUT2D eigenvalue weighted by Gasteiger charge is 2.39. The van der Waals surface area contributed by atoms with Crippen LogP contribution in [0.1, 0.15) is 18.5 Å². The quantitative estimate of drug-likeness (QED) is 0.896. The summed E-state index contributed by atoms with van der Waals surface area (Å²) in [5.41, 5.74) is -0.418. The van der Waals surface area contributed by atoms with E-state index < -0.39 is 23.4 Å². The van der Waals surface area contributed by atoms with Crippen LogP contribution in [-0.4, -0.2) is 55.0 Å². The van der Waals surface area contributed by atoms with Crippen molar-refractivity contribution in [2.24, 2.45) is 0 Å². The molecule has 1 heterocycles. The van der Waals surface area contributed by atoms with Gasteiger partial charge in [0.1, 0.15) is 17.5 Å². The van der Waals surface area contributed by atoms with E-state index in [2.05, 4.69) is 0 Å². The highest BCUT2D eigenvalue weighted by atomic mass is 19.1. The molecule has 1 N–H and O–H groups in total. The predicted octanol–water partition coefficient (Wildman–Crippen LogP) is 1.69. The van der Waals surface area contributed by atoms with Crippen LogP contribution >= 0.6 is 0 Å². The van der Waals surface area contributed by atoms with Crippen LogP contribution in [-0.2, 0) is 14.3 Å². The third kappa shape index (κ3) is 3.58. The van der Waals surface area contributed by atoms with Crippen molar-refractivity contribution in [1.82, 2.24) is 4.90 Å². The average Bonchev–Trinajstić information content (AvgIpc) is 2.41. The standard InChI is InChI=1S/C15H20FNO4/c1-15(10-20-2)9-17(7-8-21-15)13(14(18)19)11-5-3-4-6-12(11)16/h3-6,13H,7-10H2,1-2H3,(H,18,19). The minimum absolute atomic E-state index is 0.173. The van der Waals surface area contributed by atoms with Gasteiger partial charge in [0.05, 0.1) is 13.2 Å². The van der Waals surface area contributed by atoms with Gasteiger partial charge in [-0.15, -0.1) is 0 Å². The van der Waals surface area contributed by atoms with E-state index in [0.717, 1.165) is 0 Å². The van der Waals surface area contributed by atoms with Crippen molar-refractivity contribution < 1.29 is 23.8 Å². The molecule has 21 heavy (non-hydrogen) atoms. The van der Waals surface area contributed by atoms with Gasteiger partial charge in [-0.3, -0.25) is 9.69 Å². The molecule has 0 spiro atoms. The molecule has 1 aliphatic rings. The van der Waals surface area contributed by atoms with Gasteiger partial charge in [-0.1, -0.05) is 18.2 Å². The largest absolute Gasteiger partial charge is 0.480 e. The number of hydrogen-bond acceptors (Lipinski definition) is 4. The Bertz CT molecular complexity index is 506. The zero-order valence-corrected chi connectivity index (χ0v) is 12.2. The molecule has 0 aromatic heterocycles. The van der Waals surface area contributed by atoms with Crippen molar-refractivity contribution in [2.45, 2.75) is 18.6 Å². The summed E-state index contributed by atoms with van der Waals surface area (Å²) in [5.74, 6) is -1.58. The highest BCUT2D eigenvalue weighted by molar-refractivity contribution is 5.75. The van der Waals surface area contributed by atoms with Crippen molar-refractivity contribution in [3.05, 3.63) is 35.6 Å². The van der Waals surface area contributed by atoms with Crippen LogP contribution in [0.4, 0.5) is 4.39 Å². The second-order valence-electron chi connectivity index (χ2n) is 5.46. The third-order valence-electron chi connectivity index (χ3n) is 3.62. The molecule has 0 radical (unpaired) electrons. The maximum Gasteiger partial charge on any atom is 0.325 e. The van der Waals surface area contributed by atoms with Crippen LogP contribution in [0, 0.1) is 5.82 Å². The fourth-order valence-corrected chi connectivity index (χ4v) is 2.76. The van der Waals surface area contributed by atoms with Crippen LogP contribution in [0.3, 0.4) is 0 Å². The van der Waals surface area contributed by atoms with E-state index in [4.69, 9.17) is 9.47 Å². The number of carbonyl (C=O) groups is 1. The molecule has 0 bridgehead atoms. The molecule has 1 fully saturated rings. The maximum atomic E-state index is 13.9. The number of rotatable bonds is 5. The molecular weight excluding hydrogens is 277 g/mol. The first-order valence-corrected chi connectivity index (χ1v) is 6.81. The molecule has 0 aliphatic carbocycles. The Morgan fingerprint density at radius 2 is 2.29 bits per heavy atom. The van der Waals surface area contributed by atoms with Crippen molar-refractivity contribution in [3.63, 3.8) is 0 Å². The fourth-order valence-electron chi connectivity index (χ4n) is 2.76. The summed E-state index contributed by atoms with van der Waals surface area (Å²) in [7, 11) is 1.57. The summed E-state index contributed by atoms with van der Waals surface area (Å²) in [6, 6.07) is 4.96. The lowest BCUT2D eigenvalue weighted by Crippen LogP contribution is -2.54. The molecular formula is C15H20FNO4. The van der Waals surface area contributed by atoms with Gasteiger partial charge in [-0.05, 0) is 13.0 Å². The summed E-state index contributed by atoms with van der Waals surface area (Å²) in [6.45, 7) is 3.41. The Morgan fingerprint density at radius 3 is 2.90 bits per heavy atom. The van der Waals surface area contributed by atoms with Gasteiger partial charge < -0.3 is 14.6 Å². The van der Waals surface area contributed by atoms with Crippen LogP contribution in [0.25, 0.3) is 0 Å². The number of carboxylic acids is 1. The number of nitrogens with zero attached hydrogens (tertiary/aromatic N) is 1. The minimum atomic E-state index is -1.07. The van der Waals surface area contributed by atoms with Crippen LogP contribution < -0.4 is 0 Å². The Morgan fingerprint density at radius 1 is 1.57 bits per heavy atom. The summed E-state index contributed by atoms with van der Waals surface area (Å²) < 4.78 is 24.8. The third-order valence-corrected chi connectivity index (χ3v) is 3.62. The monoisotopic (exact) mass is 297 g/mol. The van der Waals surface area contributed by atoms with Gasteiger partial charge in [-0.25, -0.2) is 4.39 Å². The molecule has 0 saturated carbocycles. The number of carboxylic acid groups (broad SMARTS) is 1. The van der Waals surface area contributed by atoms with E-state index in [-0.39, 0.29) is 5.56 Å². The lowest BCUT2D eigenvalue weighted by atomic mass is 9.99. The van der Waals surface area contributed by atoms with E-state index >= 15 is 0 Å². The summed E-state index contributed by atoms with van der Waals surface area (Å²) in [5, 5.41) is 9.52. The van der Waals surface area contributed by atoms with E-state index in [1.807, 2.05) is 6.92 Å². The lowest BCUT2D eigenvalue weighted by molar-refractivity contribution is -0.159. The van der Waals surface area contributed by atoms with Crippen molar-refractivity contribution in [1.29, 1.82) is 0 Å². The Balaban J connectivity index is 2.27. The van der Waals surface area contributed by atoms with Crippen LogP contribution in [0.2, 0.25) is 0 Å². The second kappa shape index (κ2) is 6.51. The number of halogens is 1. The molecule has 1 aliphatic heterocycles. The number of hydrogen-bond donors (Lipinski definition) is 1.